The van der Waals surface area contributed by atoms with Crippen molar-refractivity contribution in [2.75, 3.05) is 24.2 Å². The summed E-state index contributed by atoms with van der Waals surface area (Å²) < 4.78 is 17.9. The third-order valence-electron chi connectivity index (χ3n) is 4.18. The van der Waals surface area contributed by atoms with Crippen LogP contribution >= 0.6 is 23.5 Å². The van der Waals surface area contributed by atoms with Crippen molar-refractivity contribution < 1.29 is 4.39 Å². The molecule has 0 fully saturated rings. The van der Waals surface area contributed by atoms with E-state index in [0.29, 0.717) is 5.15 Å². The first-order valence-electron chi connectivity index (χ1n) is 8.12. The van der Waals surface area contributed by atoms with Crippen LogP contribution in [0.15, 0.2) is 54.5 Å². The summed E-state index contributed by atoms with van der Waals surface area (Å²) in [5.41, 5.74) is 9.75. The molecule has 0 aliphatic heterocycles. The summed E-state index contributed by atoms with van der Waals surface area (Å²) >= 11 is 8.30. The molecule has 2 aromatic heterocycles. The Morgan fingerprint density at radius 3 is 2.92 bits per heavy atom. The van der Waals surface area contributed by atoms with E-state index >= 15 is 0 Å². The van der Waals surface area contributed by atoms with Gasteiger partial charge in [-0.15, -0.1) is 0 Å². The molecule has 2 heterocycles. The Morgan fingerprint density at radius 1 is 1.38 bits per heavy atom. The van der Waals surface area contributed by atoms with Gasteiger partial charge < -0.3 is 14.6 Å². The molecule has 4 nitrogen and oxygen atoms in total. The number of anilines is 1. The summed E-state index contributed by atoms with van der Waals surface area (Å²) in [5, 5.41) is 0.461. The smallest absolute Gasteiger partial charge is 0.119 e. The van der Waals surface area contributed by atoms with Crippen LogP contribution in [0.5, 0.6) is 0 Å². The maximum atomic E-state index is 14.1. The van der Waals surface area contributed by atoms with Gasteiger partial charge in [-0.1, -0.05) is 35.7 Å². The van der Waals surface area contributed by atoms with Gasteiger partial charge in [0.15, 0.2) is 0 Å². The van der Waals surface area contributed by atoms with E-state index in [0.717, 1.165) is 27.8 Å². The number of hydrogen-bond acceptors (Lipinski definition) is 4. The quantitative estimate of drug-likeness (QED) is 0.609. The molecule has 7 heteroatoms. The van der Waals surface area contributed by atoms with E-state index in [4.69, 9.17) is 17.3 Å². The summed E-state index contributed by atoms with van der Waals surface area (Å²) in [7, 11) is 2.00. The highest BCUT2D eigenvalue weighted by Gasteiger charge is 2.19. The van der Waals surface area contributed by atoms with Crippen molar-refractivity contribution >= 4 is 40.3 Å². The molecule has 0 radical (unpaired) electrons. The molecule has 0 saturated carbocycles. The Morgan fingerprint density at radius 2 is 2.19 bits per heavy atom. The van der Waals surface area contributed by atoms with Crippen molar-refractivity contribution in [1.82, 2.24) is 9.55 Å². The second-order valence-electron chi connectivity index (χ2n) is 5.74. The maximum Gasteiger partial charge on any atom is 0.119 e. The molecule has 3 aromatic rings. The van der Waals surface area contributed by atoms with Gasteiger partial charge in [-0.2, -0.15) is 0 Å². The number of aromatic nitrogens is 2. The zero-order valence-electron chi connectivity index (χ0n) is 14.6. The van der Waals surface area contributed by atoms with E-state index in [1.165, 1.54) is 6.08 Å². The first-order chi connectivity index (χ1) is 12.6. The van der Waals surface area contributed by atoms with Crippen molar-refractivity contribution in [2.24, 2.45) is 5.73 Å². The Hall–Kier alpha value is -2.02. The van der Waals surface area contributed by atoms with Crippen LogP contribution in [0.4, 0.5) is 10.1 Å². The van der Waals surface area contributed by atoms with E-state index in [9.17, 15) is 4.39 Å². The average molecular weight is 391 g/mol. The van der Waals surface area contributed by atoms with Crippen LogP contribution in [-0.2, 0) is 6.54 Å². The molecule has 0 aliphatic rings. The molecule has 136 valence electrons. The molecule has 0 unspecified atom stereocenters. The van der Waals surface area contributed by atoms with E-state index in [1.54, 1.807) is 22.7 Å². The third kappa shape index (κ3) is 3.58. The minimum Gasteiger partial charge on any atom is -0.327 e. The van der Waals surface area contributed by atoms with Gasteiger partial charge in [0.25, 0.3) is 0 Å². The van der Waals surface area contributed by atoms with Gasteiger partial charge in [0, 0.05) is 37.3 Å². The topological polar surface area (TPSA) is 47.1 Å². The van der Waals surface area contributed by atoms with Crippen LogP contribution in [0.3, 0.4) is 0 Å². The Kier molecular flexibility index (Phi) is 5.86. The number of benzene rings is 1. The Bertz CT molecular complexity index is 954. The van der Waals surface area contributed by atoms with Crippen LogP contribution in [0.2, 0.25) is 5.15 Å². The van der Waals surface area contributed by atoms with Gasteiger partial charge in [-0.25, -0.2) is 4.39 Å². The van der Waals surface area contributed by atoms with Crippen LogP contribution in [-0.4, -0.2) is 29.4 Å². The predicted molar refractivity (Wildman–Crippen MR) is 110 cm³/mol. The summed E-state index contributed by atoms with van der Waals surface area (Å²) in [6.45, 7) is 0.180. The predicted octanol–water partition coefficient (Wildman–Crippen LogP) is 4.88. The number of halogens is 2. The molecule has 0 aliphatic carbocycles. The van der Waals surface area contributed by atoms with Gasteiger partial charge in [-0.3, -0.25) is 4.98 Å². The monoisotopic (exact) mass is 390 g/mol. The second-order valence-corrected chi connectivity index (χ2v) is 7.01. The van der Waals surface area contributed by atoms with Crippen LogP contribution in [0.1, 0.15) is 0 Å². The lowest BCUT2D eigenvalue weighted by Crippen LogP contribution is -2.04. The summed E-state index contributed by atoms with van der Waals surface area (Å²) in [6, 6.07) is 11.8. The van der Waals surface area contributed by atoms with E-state index in [1.807, 2.05) is 43.6 Å². The first kappa shape index (κ1) is 18.8. The molecule has 3 rings (SSSR count). The molecular formula is C19H20ClFN4S. The van der Waals surface area contributed by atoms with Crippen LogP contribution in [0.25, 0.3) is 22.2 Å². The molecule has 0 bridgehead atoms. The van der Waals surface area contributed by atoms with Crippen molar-refractivity contribution in [3.63, 3.8) is 0 Å². The lowest BCUT2D eigenvalue weighted by atomic mass is 10.1. The number of pyridine rings is 1. The van der Waals surface area contributed by atoms with E-state index in [2.05, 4.69) is 15.4 Å². The fourth-order valence-corrected chi connectivity index (χ4v) is 3.54. The summed E-state index contributed by atoms with van der Waals surface area (Å²) in [6.07, 6.45) is 5.09. The fraction of sp³-hybridized carbons (Fsp3) is 0.211. The summed E-state index contributed by atoms with van der Waals surface area (Å²) in [4.78, 5) is 4.50. The number of nitrogens with two attached hydrogens (primary N) is 1. The van der Waals surface area contributed by atoms with Gasteiger partial charge in [-0.05, 0) is 35.9 Å². The minimum absolute atomic E-state index is 0.0304. The zero-order valence-corrected chi connectivity index (χ0v) is 16.2. The van der Waals surface area contributed by atoms with Crippen LogP contribution in [0, 0.1) is 0 Å². The SMILES string of the molecule is CSN(C)c1cccc(-c2c(Cl)n(C/C(F)=C/CN)c3cccnc23)c1. The van der Waals surface area contributed by atoms with E-state index < -0.39 is 0 Å². The van der Waals surface area contributed by atoms with Gasteiger partial charge >= 0.3 is 0 Å². The lowest BCUT2D eigenvalue weighted by molar-refractivity contribution is 0.560. The van der Waals surface area contributed by atoms with Gasteiger partial charge in [0.2, 0.25) is 0 Å². The van der Waals surface area contributed by atoms with Crippen molar-refractivity contribution in [1.29, 1.82) is 0 Å². The molecule has 0 spiro atoms. The normalized spacial score (nSPS) is 12.0. The highest BCUT2D eigenvalue weighted by molar-refractivity contribution is 7.99. The molecule has 0 saturated heterocycles. The number of hydrogen-bond donors (Lipinski definition) is 1. The molecule has 26 heavy (non-hydrogen) atoms. The fourth-order valence-electron chi connectivity index (χ4n) is 2.86. The number of allylic oxidation sites excluding steroid dienone is 1. The highest BCUT2D eigenvalue weighted by Crippen LogP contribution is 2.39. The number of nitrogens with zero attached hydrogens (tertiary/aromatic N) is 3. The standard InChI is InChI=1S/C19H20ClFN4S/c1-24(26-2)15-6-3-5-13(11-15)17-18-16(7-4-10-23-18)25(19(17)20)12-14(21)8-9-22/h3-8,10-11H,9,12,22H2,1-2H3/b14-8-. The highest BCUT2D eigenvalue weighted by atomic mass is 35.5. The van der Waals surface area contributed by atoms with Crippen molar-refractivity contribution in [3.8, 4) is 11.1 Å². The second kappa shape index (κ2) is 8.12. The number of rotatable bonds is 6. The molecule has 1 aromatic carbocycles. The number of fused-ring (bicyclic) bond motifs is 1. The molecule has 0 atom stereocenters. The van der Waals surface area contributed by atoms with Crippen molar-refractivity contribution in [2.45, 2.75) is 6.54 Å². The maximum absolute atomic E-state index is 14.1. The third-order valence-corrected chi connectivity index (χ3v) is 5.33. The largest absolute Gasteiger partial charge is 0.327 e. The zero-order chi connectivity index (χ0) is 18.7. The summed E-state index contributed by atoms with van der Waals surface area (Å²) in [5.74, 6) is -0.322. The average Bonchev–Trinajstić information content (AvgIpc) is 2.93. The molecular weight excluding hydrogens is 371 g/mol. The Labute approximate surface area is 161 Å². The van der Waals surface area contributed by atoms with Gasteiger partial charge in [0.1, 0.15) is 11.0 Å². The Balaban J connectivity index is 2.18. The first-order valence-corrected chi connectivity index (χ1v) is 9.68. The molecule has 0 amide bonds. The van der Waals surface area contributed by atoms with E-state index in [-0.39, 0.29) is 18.9 Å². The minimum atomic E-state index is -0.322. The van der Waals surface area contributed by atoms with Crippen molar-refractivity contribution in [3.05, 3.63) is 59.7 Å². The van der Waals surface area contributed by atoms with Gasteiger partial charge in [0.05, 0.1) is 17.6 Å². The lowest BCUT2D eigenvalue weighted by Gasteiger charge is -2.16. The molecule has 2 N–H and O–H groups in total. The van der Waals surface area contributed by atoms with Crippen LogP contribution < -0.4 is 10.0 Å².